The zero-order chi connectivity index (χ0) is 91.0. The molecule has 138 heavy (non-hydrogen) atoms. The first-order valence-electron chi connectivity index (χ1n) is 46.9. The van der Waals surface area contributed by atoms with E-state index in [4.69, 9.17) is 56.4 Å². The van der Waals surface area contributed by atoms with E-state index in [1.165, 1.54) is 66.8 Å². The van der Waals surface area contributed by atoms with Gasteiger partial charge in [0.2, 0.25) is 35.3 Å². The normalized spacial score (nSPS) is 14.6. The van der Waals surface area contributed by atoms with E-state index in [-0.39, 0.29) is 10.8 Å². The van der Waals surface area contributed by atoms with Crippen LogP contribution in [0.2, 0.25) is 0 Å². The fraction of sp³-hybridized carbons (Fsp3) is 0.0732. The molecular weight excluding hydrogens is 1700 g/mol. The first-order valence-corrected chi connectivity index (χ1v) is 46.9. The highest BCUT2D eigenvalue weighted by Crippen LogP contribution is 2.57. The molecule has 0 radical (unpaired) electrons. The summed E-state index contributed by atoms with van der Waals surface area (Å²) in [6.45, 7) is 11.8. The van der Waals surface area contributed by atoms with E-state index in [0.717, 1.165) is 182 Å². The first-order chi connectivity index (χ1) is 67.7. The Kier molecular flexibility index (Phi) is 15.5. The van der Waals surface area contributed by atoms with Crippen LogP contribution in [-0.4, -0.2) is 43.6 Å². The van der Waals surface area contributed by atoms with Crippen LogP contribution in [0.1, 0.15) is 73.6 Å². The monoisotopic (exact) mass is 1780 g/mol. The van der Waals surface area contributed by atoms with Gasteiger partial charge in [-0.15, -0.1) is 0 Å². The number of para-hydroxylation sites is 6. The van der Waals surface area contributed by atoms with Crippen molar-refractivity contribution < 1.29 is 26.5 Å². The molecule has 0 saturated heterocycles. The van der Waals surface area contributed by atoms with Gasteiger partial charge in [-0.3, -0.25) is 0 Å². The highest BCUT2D eigenvalue weighted by molar-refractivity contribution is 6.15. The molecule has 9 aromatic heterocycles. The first kappa shape index (κ1) is 76.7. The van der Waals surface area contributed by atoms with Crippen LogP contribution in [0.15, 0.2) is 390 Å². The number of hydrogen-bond donors (Lipinski definition) is 0. The van der Waals surface area contributed by atoms with Crippen molar-refractivity contribution in [3.63, 3.8) is 0 Å². The van der Waals surface area contributed by atoms with Gasteiger partial charge in [0, 0.05) is 93.2 Å². The van der Waals surface area contributed by atoms with Crippen molar-refractivity contribution in [2.75, 3.05) is 0 Å². The molecule has 3 aliphatic rings. The van der Waals surface area contributed by atoms with E-state index >= 15 is 0 Å². The van der Waals surface area contributed by atoms with Crippen LogP contribution in [0, 0.1) is 0 Å². The lowest BCUT2D eigenvalue weighted by molar-refractivity contribution is 0.582. The maximum atomic E-state index is 6.90. The fourth-order valence-electron chi connectivity index (χ4n) is 23.6. The molecule has 0 spiro atoms. The Morgan fingerprint density at radius 2 is 0.580 bits per heavy atom. The second kappa shape index (κ2) is 27.9. The summed E-state index contributed by atoms with van der Waals surface area (Å²) in [4.78, 5) is 30.7. The third-order valence-electron chi connectivity index (χ3n) is 30.1. The molecule has 3 aliphatic carbocycles. The summed E-state index contributed by atoms with van der Waals surface area (Å²) >= 11 is 0. The van der Waals surface area contributed by atoms with Gasteiger partial charge in [0.05, 0.1) is 44.5 Å². The molecular formula is C123H77N9O6. The van der Waals surface area contributed by atoms with Crippen LogP contribution in [0.5, 0.6) is 0 Å². The fourth-order valence-corrected chi connectivity index (χ4v) is 23.6. The van der Waals surface area contributed by atoms with Gasteiger partial charge in [-0.1, -0.05) is 192 Å². The van der Waals surface area contributed by atoms with Crippen LogP contribution < -0.4 is 0 Å². The Hall–Kier alpha value is -17.8. The summed E-state index contributed by atoms with van der Waals surface area (Å²) in [5.41, 5.74) is 41.2. The van der Waals surface area contributed by atoms with Crippen LogP contribution in [0.25, 0.3) is 262 Å². The second-order valence-electron chi connectivity index (χ2n) is 38.6. The average Bonchev–Trinajstić information content (AvgIpc) is 1.59. The number of benzene rings is 18. The summed E-state index contributed by atoms with van der Waals surface area (Å²) in [7, 11) is 0. The maximum Gasteiger partial charge on any atom is 0.227 e. The number of nitrogens with zero attached hydrogens (tertiary/aromatic N) is 9. The van der Waals surface area contributed by atoms with Gasteiger partial charge in [-0.25, -0.2) is 29.9 Å². The van der Waals surface area contributed by atoms with Gasteiger partial charge in [-0.05, 0) is 291 Å². The summed E-state index contributed by atoms with van der Waals surface area (Å²) in [6, 6.07) is 129. The van der Waals surface area contributed by atoms with E-state index in [1.54, 1.807) is 0 Å². The molecule has 27 aromatic rings. The summed E-state index contributed by atoms with van der Waals surface area (Å²) in [5, 5.41) is 6.27. The minimum Gasteiger partial charge on any atom is -0.436 e. The Balaban J connectivity index is 0.492. The Morgan fingerprint density at radius 1 is 0.225 bits per heavy atom. The highest BCUT2D eigenvalue weighted by atomic mass is 16.4. The molecule has 15 nitrogen and oxygen atoms in total. The number of hydrogen-bond acceptors (Lipinski definition) is 12. The molecule has 650 valence electrons. The molecule has 0 amide bonds. The minimum absolute atomic E-state index is 0.160. The molecule has 30 rings (SSSR count). The van der Waals surface area contributed by atoms with E-state index in [2.05, 4.69) is 327 Å². The van der Waals surface area contributed by atoms with Gasteiger partial charge in [-0.2, -0.15) is 0 Å². The molecule has 1 atom stereocenters. The standard InChI is InChI=1S/C123H77N9O6/c1-121(2)88-24-9-7-21-78(88)81-65-76(45-46-90(81)121)130-99-48-38-74(119-128-97-56-67(36-54-110(97)136-119)66-123(5)91-26-11-8-22-80(91)113-92(123)27-19-31-105(113)131-101-50-40-70(115-124-93-28-12-15-33-107(93)133-115)59-84(101)85-60-71(41-51-102(85)131)116-125-94-29-13-16-34-108(94)134-116)57-82(99)83-58-75(39-49-100(83)130)120-129-98-63-68(44-55-111(98)137-120)69-37-47-96-112(64-69)138-118(127-96)73-43-53-104-87(62-73)86-61-72(117-126-95-30-14-17-35-109(95)135-117)42-52-103(86)132(104)106-32-18-23-79-77-20-6-10-25-89(77)122(3,4)114(79)106/h6-65H,66H2,1-5H3. The third-order valence-corrected chi connectivity index (χ3v) is 30.1. The summed E-state index contributed by atoms with van der Waals surface area (Å²) < 4.78 is 47.1. The highest BCUT2D eigenvalue weighted by Gasteiger charge is 2.43. The van der Waals surface area contributed by atoms with E-state index in [0.29, 0.717) is 58.5 Å². The molecule has 0 bridgehead atoms. The summed E-state index contributed by atoms with van der Waals surface area (Å²) in [5.74, 6) is 3.26. The zero-order valence-corrected chi connectivity index (χ0v) is 75.3. The van der Waals surface area contributed by atoms with Crippen LogP contribution in [-0.2, 0) is 22.7 Å². The van der Waals surface area contributed by atoms with Crippen molar-refractivity contribution in [2.24, 2.45) is 0 Å². The van der Waals surface area contributed by atoms with Crippen molar-refractivity contribution in [3.8, 4) is 130 Å². The van der Waals surface area contributed by atoms with Crippen molar-refractivity contribution in [2.45, 2.75) is 57.3 Å². The lowest BCUT2D eigenvalue weighted by Crippen LogP contribution is -2.24. The third kappa shape index (κ3) is 11.1. The van der Waals surface area contributed by atoms with Crippen molar-refractivity contribution in [3.05, 3.63) is 403 Å². The molecule has 0 saturated carbocycles. The largest absolute Gasteiger partial charge is 0.436 e. The van der Waals surface area contributed by atoms with Crippen molar-refractivity contribution in [1.29, 1.82) is 0 Å². The van der Waals surface area contributed by atoms with E-state index in [1.807, 2.05) is 84.9 Å². The van der Waals surface area contributed by atoms with Gasteiger partial charge in [0.25, 0.3) is 0 Å². The number of oxazole rings is 6. The lowest BCUT2D eigenvalue weighted by Gasteiger charge is -2.28. The number of rotatable bonds is 12. The minimum atomic E-state index is -0.451. The maximum absolute atomic E-state index is 6.90. The average molecular weight is 1780 g/mol. The van der Waals surface area contributed by atoms with Crippen LogP contribution in [0.4, 0.5) is 0 Å². The van der Waals surface area contributed by atoms with Gasteiger partial charge in [0.15, 0.2) is 33.5 Å². The SMILES string of the molecule is CC1(C)c2ccccc2-c2cc(-n3c4ccc(-c5nc6cc(CC7(C)c8ccccc8-c8c(-n9c%10ccc(-c%11nc%12ccccc%12o%11)cc%10c%10cc(-c%11nc%12ccccc%12o%11)ccc%109)cccc87)ccc6o5)cc4c4cc(-c5nc6cc(-c7ccc8nc(-c9ccc%10c(c9)c9cc(-c%11nc%12ccccc%12o%11)ccc9n%10-c9cccc%10c9C(C)(C)c9ccccc9-%10)oc8c7)ccc6o5)ccc43)ccc21. The van der Waals surface area contributed by atoms with Gasteiger partial charge < -0.3 is 40.2 Å². The quantitative estimate of drug-likeness (QED) is 0.114. The Morgan fingerprint density at radius 3 is 1.09 bits per heavy atom. The van der Waals surface area contributed by atoms with Gasteiger partial charge >= 0.3 is 0 Å². The zero-order valence-electron chi connectivity index (χ0n) is 75.3. The molecule has 0 aliphatic heterocycles. The summed E-state index contributed by atoms with van der Waals surface area (Å²) in [6.07, 6.45) is 0.699. The second-order valence-corrected chi connectivity index (χ2v) is 38.6. The van der Waals surface area contributed by atoms with E-state index < -0.39 is 5.41 Å². The number of fused-ring (bicyclic) bond motifs is 24. The Labute approximate surface area is 787 Å². The van der Waals surface area contributed by atoms with Crippen molar-refractivity contribution in [1.82, 2.24) is 43.6 Å². The van der Waals surface area contributed by atoms with Gasteiger partial charge in [0.1, 0.15) is 33.1 Å². The predicted molar refractivity (Wildman–Crippen MR) is 550 cm³/mol. The molecule has 0 fully saturated rings. The molecule has 1 unspecified atom stereocenters. The molecule has 15 heteroatoms. The molecule has 9 heterocycles. The van der Waals surface area contributed by atoms with Crippen molar-refractivity contribution >= 4 is 132 Å². The van der Waals surface area contributed by atoms with Crippen LogP contribution in [0.3, 0.4) is 0 Å². The molecule has 0 N–H and O–H groups in total. The number of aromatic nitrogens is 9. The smallest absolute Gasteiger partial charge is 0.227 e. The Bertz CT molecular complexity index is 9810. The molecule has 18 aromatic carbocycles. The lowest BCUT2D eigenvalue weighted by atomic mass is 9.75. The van der Waals surface area contributed by atoms with E-state index in [9.17, 15) is 0 Å². The topological polar surface area (TPSA) is 171 Å². The van der Waals surface area contributed by atoms with Crippen LogP contribution >= 0.6 is 0 Å². The predicted octanol–water partition coefficient (Wildman–Crippen LogP) is 31.6.